The van der Waals surface area contributed by atoms with Crippen LogP contribution in [0.15, 0.2) is 37.1 Å². The number of nitrogens with zero attached hydrogens (tertiary/aromatic N) is 5. The lowest BCUT2D eigenvalue weighted by molar-refractivity contribution is -0.111. The van der Waals surface area contributed by atoms with E-state index in [1.807, 2.05) is 17.9 Å². The summed E-state index contributed by atoms with van der Waals surface area (Å²) < 4.78 is 5.44. The second-order valence-corrected chi connectivity index (χ2v) is 9.28. The van der Waals surface area contributed by atoms with Crippen LogP contribution in [-0.2, 0) is 4.79 Å². The van der Waals surface area contributed by atoms with Crippen molar-refractivity contribution in [1.82, 2.24) is 19.8 Å². The number of carbonyl (C=O) groups is 2. The molecule has 4 rings (SSSR count). The molecule has 1 unspecified atom stereocenters. The molecule has 1 aromatic carbocycles. The minimum absolute atomic E-state index is 0.00727. The van der Waals surface area contributed by atoms with E-state index in [9.17, 15) is 9.59 Å². The average molecular weight is 514 g/mol. The number of carbonyl (C=O) groups excluding carboxylic acids is 2. The van der Waals surface area contributed by atoms with Crippen molar-refractivity contribution < 1.29 is 14.3 Å². The Kier molecular flexibility index (Phi) is 8.27. The standard InChI is InChI=1S/C25H32ClN7O3/c1-4-22(34)29-20-7-6-17(14-21(20)32-12-10-31(3)11-13-32)24(35)33-9-8-18(16-33)28-25-27-15-19(26)23(30-25)36-5-2/h4,6-7,14-15,18H,1,5,8-13,16H2,2-3H3,(H,29,34)(H,27,28,30). The number of likely N-dealkylation sites (tertiary alicyclic amines) is 1. The minimum Gasteiger partial charge on any atom is -0.477 e. The number of nitrogens with one attached hydrogen (secondary N) is 2. The molecular formula is C25H32ClN7O3. The molecule has 2 saturated heterocycles. The van der Waals surface area contributed by atoms with Crippen LogP contribution in [0.1, 0.15) is 23.7 Å². The van der Waals surface area contributed by atoms with Gasteiger partial charge in [-0.25, -0.2) is 4.98 Å². The molecule has 2 amide bonds. The lowest BCUT2D eigenvalue weighted by Gasteiger charge is -2.35. The topological polar surface area (TPSA) is 103 Å². The fourth-order valence-corrected chi connectivity index (χ4v) is 4.50. The summed E-state index contributed by atoms with van der Waals surface area (Å²) in [5.41, 5.74) is 2.10. The quantitative estimate of drug-likeness (QED) is 0.519. The average Bonchev–Trinajstić information content (AvgIpc) is 3.35. The van der Waals surface area contributed by atoms with E-state index in [0.717, 1.165) is 38.3 Å². The second kappa shape index (κ2) is 11.6. The summed E-state index contributed by atoms with van der Waals surface area (Å²) >= 11 is 6.08. The van der Waals surface area contributed by atoms with E-state index < -0.39 is 0 Å². The van der Waals surface area contributed by atoms with Crippen molar-refractivity contribution in [2.24, 2.45) is 0 Å². The van der Waals surface area contributed by atoms with Crippen molar-refractivity contribution in [3.05, 3.63) is 47.6 Å². The second-order valence-electron chi connectivity index (χ2n) is 8.88. The molecule has 0 aliphatic carbocycles. The summed E-state index contributed by atoms with van der Waals surface area (Å²) in [6.07, 6.45) is 3.51. The van der Waals surface area contributed by atoms with E-state index in [2.05, 4.69) is 44.0 Å². The maximum atomic E-state index is 13.4. The van der Waals surface area contributed by atoms with E-state index in [0.29, 0.717) is 47.8 Å². The highest BCUT2D eigenvalue weighted by Gasteiger charge is 2.29. The van der Waals surface area contributed by atoms with Gasteiger partial charge in [0.15, 0.2) is 0 Å². The molecule has 1 atom stereocenters. The largest absolute Gasteiger partial charge is 0.477 e. The number of piperazine rings is 1. The van der Waals surface area contributed by atoms with Gasteiger partial charge in [-0.1, -0.05) is 18.2 Å². The monoisotopic (exact) mass is 513 g/mol. The van der Waals surface area contributed by atoms with Gasteiger partial charge in [0.1, 0.15) is 5.02 Å². The Bertz CT molecular complexity index is 1120. The van der Waals surface area contributed by atoms with Crippen LogP contribution in [0.3, 0.4) is 0 Å². The molecule has 2 aliphatic heterocycles. The van der Waals surface area contributed by atoms with Gasteiger partial charge in [-0.3, -0.25) is 9.59 Å². The van der Waals surface area contributed by atoms with Gasteiger partial charge in [-0.15, -0.1) is 0 Å². The molecule has 0 spiro atoms. The van der Waals surface area contributed by atoms with Crippen molar-refractivity contribution in [3.8, 4) is 5.88 Å². The number of benzene rings is 1. The molecule has 0 bridgehead atoms. The molecule has 2 aromatic rings. The fraction of sp³-hybridized carbons (Fsp3) is 0.440. The molecule has 10 nitrogen and oxygen atoms in total. The van der Waals surface area contributed by atoms with Crippen LogP contribution in [0.2, 0.25) is 5.02 Å². The van der Waals surface area contributed by atoms with Crippen molar-refractivity contribution in [1.29, 1.82) is 0 Å². The molecular weight excluding hydrogens is 482 g/mol. The Morgan fingerprint density at radius 1 is 1.25 bits per heavy atom. The van der Waals surface area contributed by atoms with Crippen molar-refractivity contribution in [2.45, 2.75) is 19.4 Å². The maximum Gasteiger partial charge on any atom is 0.254 e. The summed E-state index contributed by atoms with van der Waals surface area (Å²) in [5, 5.41) is 6.51. The molecule has 0 saturated carbocycles. The minimum atomic E-state index is -0.283. The molecule has 3 heterocycles. The van der Waals surface area contributed by atoms with Crippen LogP contribution >= 0.6 is 11.6 Å². The van der Waals surface area contributed by atoms with Gasteiger partial charge in [0.05, 0.1) is 24.2 Å². The van der Waals surface area contributed by atoms with E-state index in [1.54, 1.807) is 12.1 Å². The Morgan fingerprint density at radius 2 is 2.03 bits per heavy atom. The number of anilines is 3. The maximum absolute atomic E-state index is 13.4. The number of amides is 2. The Labute approximate surface area is 216 Å². The van der Waals surface area contributed by atoms with E-state index in [1.165, 1.54) is 12.3 Å². The summed E-state index contributed by atoms with van der Waals surface area (Å²) in [6.45, 7) is 10.4. The van der Waals surface area contributed by atoms with Gasteiger partial charge in [0.2, 0.25) is 17.7 Å². The molecule has 192 valence electrons. The smallest absolute Gasteiger partial charge is 0.254 e. The molecule has 11 heteroatoms. The Balaban J connectivity index is 1.47. The number of likely N-dealkylation sites (N-methyl/N-ethyl adjacent to an activating group) is 1. The summed E-state index contributed by atoms with van der Waals surface area (Å²) in [6, 6.07) is 5.44. The highest BCUT2D eigenvalue weighted by atomic mass is 35.5. The summed E-state index contributed by atoms with van der Waals surface area (Å²) in [7, 11) is 2.09. The number of rotatable bonds is 8. The molecule has 1 aromatic heterocycles. The van der Waals surface area contributed by atoms with Gasteiger partial charge in [-0.2, -0.15) is 4.98 Å². The Morgan fingerprint density at radius 3 is 2.75 bits per heavy atom. The van der Waals surface area contributed by atoms with E-state index >= 15 is 0 Å². The highest BCUT2D eigenvalue weighted by Crippen LogP contribution is 2.30. The zero-order valence-corrected chi connectivity index (χ0v) is 21.4. The SMILES string of the molecule is C=CC(=O)Nc1ccc(C(=O)N2CCC(Nc3ncc(Cl)c(OCC)n3)C2)cc1N1CCN(C)CC1. The van der Waals surface area contributed by atoms with Crippen molar-refractivity contribution in [3.63, 3.8) is 0 Å². The van der Waals surface area contributed by atoms with Gasteiger partial charge >= 0.3 is 0 Å². The van der Waals surface area contributed by atoms with Crippen LogP contribution in [0.4, 0.5) is 17.3 Å². The first kappa shape index (κ1) is 25.7. The third-order valence-corrected chi connectivity index (χ3v) is 6.59. The molecule has 2 aliphatic rings. The number of hydrogen-bond acceptors (Lipinski definition) is 8. The lowest BCUT2D eigenvalue weighted by Crippen LogP contribution is -2.44. The predicted molar refractivity (Wildman–Crippen MR) is 141 cm³/mol. The van der Waals surface area contributed by atoms with Gasteiger partial charge in [0.25, 0.3) is 5.91 Å². The van der Waals surface area contributed by atoms with Crippen LogP contribution in [0.25, 0.3) is 0 Å². The number of ether oxygens (including phenoxy) is 1. The van der Waals surface area contributed by atoms with Crippen LogP contribution in [-0.4, -0.2) is 90.5 Å². The first-order valence-electron chi connectivity index (χ1n) is 12.1. The van der Waals surface area contributed by atoms with Crippen molar-refractivity contribution >= 4 is 40.7 Å². The molecule has 0 radical (unpaired) electrons. The van der Waals surface area contributed by atoms with E-state index in [-0.39, 0.29) is 17.9 Å². The van der Waals surface area contributed by atoms with Crippen LogP contribution in [0.5, 0.6) is 5.88 Å². The van der Waals surface area contributed by atoms with E-state index in [4.69, 9.17) is 16.3 Å². The van der Waals surface area contributed by atoms with Gasteiger partial charge in [0, 0.05) is 50.9 Å². The third kappa shape index (κ3) is 6.06. The summed E-state index contributed by atoms with van der Waals surface area (Å²) in [5.74, 6) is 0.419. The lowest BCUT2D eigenvalue weighted by atomic mass is 10.1. The van der Waals surface area contributed by atoms with Gasteiger partial charge in [-0.05, 0) is 44.7 Å². The normalized spacial score (nSPS) is 18.1. The van der Waals surface area contributed by atoms with Crippen LogP contribution < -0.4 is 20.3 Å². The fourth-order valence-electron chi connectivity index (χ4n) is 4.35. The zero-order valence-electron chi connectivity index (χ0n) is 20.7. The van der Waals surface area contributed by atoms with Crippen molar-refractivity contribution in [2.75, 3.05) is 68.5 Å². The predicted octanol–water partition coefficient (Wildman–Crippen LogP) is 2.73. The van der Waals surface area contributed by atoms with Crippen LogP contribution in [0, 0.1) is 0 Å². The molecule has 2 N–H and O–H groups in total. The van der Waals surface area contributed by atoms with Gasteiger partial charge < -0.3 is 30.1 Å². The Hall–Kier alpha value is -3.37. The molecule has 36 heavy (non-hydrogen) atoms. The number of halogens is 1. The third-order valence-electron chi connectivity index (χ3n) is 6.33. The first-order valence-corrected chi connectivity index (χ1v) is 12.5. The summed E-state index contributed by atoms with van der Waals surface area (Å²) in [4.78, 5) is 40.2. The zero-order chi connectivity index (χ0) is 25.7. The first-order chi connectivity index (χ1) is 17.4. The highest BCUT2D eigenvalue weighted by molar-refractivity contribution is 6.31. The number of aromatic nitrogens is 2. The molecule has 2 fully saturated rings. The number of hydrogen-bond donors (Lipinski definition) is 2.